The molecular weight excluding hydrogens is 298 g/mol. The molecule has 0 saturated heterocycles. The lowest BCUT2D eigenvalue weighted by Gasteiger charge is -2.15. The third-order valence-corrected chi connectivity index (χ3v) is 3.23. The first-order valence-corrected chi connectivity index (χ1v) is 7.59. The minimum Gasteiger partial charge on any atom is -0.508 e. The molecule has 0 aliphatic heterocycles. The molecule has 1 fully saturated rings. The lowest BCUT2D eigenvalue weighted by Crippen LogP contribution is -2.37. The van der Waals surface area contributed by atoms with Crippen molar-refractivity contribution >= 4 is 12.3 Å². The van der Waals surface area contributed by atoms with E-state index >= 15 is 0 Å². The Morgan fingerprint density at radius 2 is 1.91 bits per heavy atom. The molecule has 8 N–H and O–H groups in total. The summed E-state index contributed by atoms with van der Waals surface area (Å²) in [7, 11) is 0. The Bertz CT molecular complexity index is 462. The number of aliphatic carboxylic acids is 1. The van der Waals surface area contributed by atoms with Crippen molar-refractivity contribution in [3.05, 3.63) is 29.8 Å². The van der Waals surface area contributed by atoms with Crippen LogP contribution in [0.15, 0.2) is 24.3 Å². The van der Waals surface area contributed by atoms with E-state index < -0.39 is 12.0 Å². The number of nitrogens with two attached hydrogens (primary N) is 3. The summed E-state index contributed by atoms with van der Waals surface area (Å²) in [6.07, 6.45) is 7.36. The van der Waals surface area contributed by atoms with Crippen LogP contribution < -0.4 is 17.2 Å². The summed E-state index contributed by atoms with van der Waals surface area (Å²) in [6.45, 7) is -0.00463. The molecule has 1 saturated carbocycles. The Morgan fingerprint density at radius 1 is 1.30 bits per heavy atom. The van der Waals surface area contributed by atoms with Crippen molar-refractivity contribution in [2.24, 2.45) is 17.2 Å². The zero-order valence-corrected chi connectivity index (χ0v) is 13.2. The average molecular weight is 325 g/mol. The second kappa shape index (κ2) is 12.6. The number of phenols is 1. The van der Waals surface area contributed by atoms with E-state index in [0.717, 1.165) is 0 Å². The van der Waals surface area contributed by atoms with Gasteiger partial charge in [0.05, 0.1) is 0 Å². The highest BCUT2D eigenvalue weighted by atomic mass is 16.4. The van der Waals surface area contributed by atoms with Gasteiger partial charge in [0.15, 0.2) is 0 Å². The van der Waals surface area contributed by atoms with Crippen molar-refractivity contribution in [2.45, 2.75) is 44.2 Å². The van der Waals surface area contributed by atoms with Gasteiger partial charge < -0.3 is 27.4 Å². The van der Waals surface area contributed by atoms with E-state index in [4.69, 9.17) is 27.4 Å². The molecule has 0 bridgehead atoms. The van der Waals surface area contributed by atoms with Crippen molar-refractivity contribution in [1.82, 2.24) is 0 Å². The number of carbonyl (C=O) groups is 2. The maximum absolute atomic E-state index is 10.0. The van der Waals surface area contributed by atoms with E-state index in [-0.39, 0.29) is 12.3 Å². The quantitative estimate of drug-likeness (QED) is 0.516. The van der Waals surface area contributed by atoms with Crippen LogP contribution in [-0.2, 0) is 4.79 Å². The monoisotopic (exact) mass is 325 g/mol. The van der Waals surface area contributed by atoms with Gasteiger partial charge in [-0.15, -0.1) is 0 Å². The third kappa shape index (κ3) is 11.3. The van der Waals surface area contributed by atoms with Crippen LogP contribution in [0.3, 0.4) is 0 Å². The highest BCUT2D eigenvalue weighted by molar-refractivity contribution is 5.75. The first-order chi connectivity index (χ1) is 10.9. The Morgan fingerprint density at radius 3 is 2.17 bits per heavy atom. The molecule has 1 atom stereocenters. The van der Waals surface area contributed by atoms with Crippen LogP contribution in [0.5, 0.6) is 5.75 Å². The van der Waals surface area contributed by atoms with Crippen LogP contribution in [0.2, 0.25) is 0 Å². The van der Waals surface area contributed by atoms with Gasteiger partial charge >= 0.3 is 5.97 Å². The predicted molar refractivity (Wildman–Crippen MR) is 89.2 cm³/mol. The maximum atomic E-state index is 10.0. The molecule has 0 radical (unpaired) electrons. The van der Waals surface area contributed by atoms with Crippen molar-refractivity contribution in [1.29, 1.82) is 0 Å². The number of hydrogen-bond donors (Lipinski definition) is 5. The van der Waals surface area contributed by atoms with Gasteiger partial charge in [-0.1, -0.05) is 31.4 Å². The van der Waals surface area contributed by atoms with E-state index in [0.29, 0.717) is 17.9 Å². The molecule has 0 heterocycles. The summed E-state index contributed by atoms with van der Waals surface area (Å²) in [5.41, 5.74) is 15.9. The normalized spacial score (nSPS) is 15.3. The Kier molecular flexibility index (Phi) is 11.5. The second-order valence-corrected chi connectivity index (χ2v) is 5.29. The molecule has 0 spiro atoms. The topological polar surface area (TPSA) is 153 Å². The molecular formula is C16H27N3O4. The Hall–Kier alpha value is -1.96. The van der Waals surface area contributed by atoms with E-state index in [2.05, 4.69) is 0 Å². The highest BCUT2D eigenvalue weighted by Crippen LogP contribution is 2.14. The van der Waals surface area contributed by atoms with Gasteiger partial charge in [-0.2, -0.15) is 0 Å². The zero-order chi connectivity index (χ0) is 17.7. The minimum atomic E-state index is -1.05. The first-order valence-electron chi connectivity index (χ1n) is 7.59. The smallest absolute Gasteiger partial charge is 0.321 e. The lowest BCUT2D eigenvalue weighted by atomic mass is 9.97. The molecule has 1 unspecified atom stereocenters. The van der Waals surface area contributed by atoms with Gasteiger partial charge in [-0.05, 0) is 25.0 Å². The second-order valence-electron chi connectivity index (χ2n) is 5.29. The fourth-order valence-electron chi connectivity index (χ4n) is 1.83. The molecule has 1 aromatic carbocycles. The maximum Gasteiger partial charge on any atom is 0.321 e. The number of aldehydes is 1. The predicted octanol–water partition coefficient (Wildman–Crippen LogP) is 0.840. The van der Waals surface area contributed by atoms with Crippen molar-refractivity contribution in [2.75, 3.05) is 6.54 Å². The summed E-state index contributed by atoms with van der Waals surface area (Å²) in [4.78, 5) is 19.8. The van der Waals surface area contributed by atoms with Gasteiger partial charge in [0, 0.05) is 18.2 Å². The van der Waals surface area contributed by atoms with E-state index in [1.54, 1.807) is 12.1 Å². The molecule has 7 nitrogen and oxygen atoms in total. The summed E-state index contributed by atoms with van der Waals surface area (Å²) in [5.74, 6) is -0.929. The van der Waals surface area contributed by atoms with Crippen LogP contribution in [0.25, 0.3) is 0 Å². The number of rotatable bonds is 3. The molecule has 23 heavy (non-hydrogen) atoms. The van der Waals surface area contributed by atoms with Gasteiger partial charge in [-0.3, -0.25) is 9.59 Å². The summed E-state index contributed by atoms with van der Waals surface area (Å²) < 4.78 is 0. The van der Waals surface area contributed by atoms with Gasteiger partial charge in [0.2, 0.25) is 0 Å². The van der Waals surface area contributed by atoms with E-state index in [1.165, 1.54) is 44.2 Å². The summed E-state index contributed by atoms with van der Waals surface area (Å²) in [6, 6.07) is 5.82. The van der Waals surface area contributed by atoms with Crippen LogP contribution in [0.4, 0.5) is 0 Å². The minimum absolute atomic E-state index is 0.00463. The SMILES string of the molecule is NC1CCCCC1.NCC(N)C(=O)O.O=Cc1cccc(O)c1. The standard InChI is InChI=1S/C7H6O2.C6H13N.C3H8N2O2/c8-5-6-2-1-3-7(9)4-6;7-6-4-2-1-3-5-6;4-1-2(5)3(6)7/h1-5,9H;6H,1-5,7H2;2H,1,4-5H2,(H,6,7). The Labute approximate surface area is 136 Å². The van der Waals surface area contributed by atoms with Crippen LogP contribution >= 0.6 is 0 Å². The molecule has 130 valence electrons. The van der Waals surface area contributed by atoms with E-state index in [1.807, 2.05) is 0 Å². The Balaban J connectivity index is 0.000000320. The molecule has 7 heteroatoms. The summed E-state index contributed by atoms with van der Waals surface area (Å²) in [5, 5.41) is 16.8. The fourth-order valence-corrected chi connectivity index (χ4v) is 1.83. The van der Waals surface area contributed by atoms with Crippen LogP contribution in [-0.4, -0.2) is 41.1 Å². The number of phenolic OH excluding ortho intramolecular Hbond substituents is 1. The molecule has 1 aliphatic rings. The zero-order valence-electron chi connectivity index (χ0n) is 13.2. The van der Waals surface area contributed by atoms with Crippen molar-refractivity contribution in [3.8, 4) is 5.75 Å². The van der Waals surface area contributed by atoms with E-state index in [9.17, 15) is 9.59 Å². The van der Waals surface area contributed by atoms with Crippen molar-refractivity contribution in [3.63, 3.8) is 0 Å². The molecule has 1 aliphatic carbocycles. The fraction of sp³-hybridized carbons (Fsp3) is 0.500. The number of carboxylic acids is 1. The van der Waals surface area contributed by atoms with Gasteiger partial charge in [0.25, 0.3) is 0 Å². The number of carboxylic acid groups (broad SMARTS) is 1. The summed E-state index contributed by atoms with van der Waals surface area (Å²) >= 11 is 0. The number of carbonyl (C=O) groups excluding carboxylic acids is 1. The van der Waals surface area contributed by atoms with Crippen LogP contribution in [0, 0.1) is 0 Å². The highest BCUT2D eigenvalue weighted by Gasteiger charge is 2.06. The van der Waals surface area contributed by atoms with Crippen LogP contribution in [0.1, 0.15) is 42.5 Å². The molecule has 2 rings (SSSR count). The number of benzene rings is 1. The number of aromatic hydroxyl groups is 1. The van der Waals surface area contributed by atoms with Gasteiger partial charge in [-0.25, -0.2) is 0 Å². The van der Waals surface area contributed by atoms with Gasteiger partial charge in [0.1, 0.15) is 18.1 Å². The lowest BCUT2D eigenvalue weighted by molar-refractivity contribution is -0.138. The molecule has 0 aromatic heterocycles. The molecule has 0 amide bonds. The van der Waals surface area contributed by atoms with Crippen molar-refractivity contribution < 1.29 is 19.8 Å². The molecule has 1 aromatic rings. The first kappa shape index (κ1) is 21.0. The number of hydrogen-bond acceptors (Lipinski definition) is 6. The third-order valence-electron chi connectivity index (χ3n) is 3.23. The average Bonchev–Trinajstić information content (AvgIpc) is 2.55. The largest absolute Gasteiger partial charge is 0.508 e.